The van der Waals surface area contributed by atoms with Gasteiger partial charge in [0.15, 0.2) is 0 Å². The lowest BCUT2D eigenvalue weighted by Gasteiger charge is -2.27. The molecule has 3 aromatic carbocycles. The Morgan fingerprint density at radius 1 is 0.978 bits per heavy atom. The first-order valence-electron chi connectivity index (χ1n) is 14.8. The van der Waals surface area contributed by atoms with Gasteiger partial charge >= 0.3 is 18.0 Å². The molecule has 0 bridgehead atoms. The number of benzene rings is 3. The lowest BCUT2D eigenvalue weighted by molar-refractivity contribution is -0.152. The third-order valence-corrected chi connectivity index (χ3v) is 9.71. The molecule has 0 aromatic heterocycles. The summed E-state index contributed by atoms with van der Waals surface area (Å²) in [6, 6.07) is 20.4. The van der Waals surface area contributed by atoms with E-state index in [-0.39, 0.29) is 17.4 Å². The number of likely N-dealkylation sites (tertiary alicyclic amines) is 1. The molecule has 1 aliphatic heterocycles. The highest BCUT2D eigenvalue weighted by molar-refractivity contribution is 7.89. The Labute approximate surface area is 263 Å². The van der Waals surface area contributed by atoms with Gasteiger partial charge in [-0.25, -0.2) is 27.5 Å². The van der Waals surface area contributed by atoms with E-state index in [0.29, 0.717) is 19.4 Å². The summed E-state index contributed by atoms with van der Waals surface area (Å²) in [4.78, 5) is 40.0. The maximum absolute atomic E-state index is 13.5. The van der Waals surface area contributed by atoms with Crippen LogP contribution in [0.25, 0.3) is 11.1 Å². The Morgan fingerprint density at radius 2 is 1.60 bits per heavy atom. The summed E-state index contributed by atoms with van der Waals surface area (Å²) in [6.07, 6.45) is 1.42. The Bertz CT molecular complexity index is 1660. The minimum Gasteiger partial charge on any atom is -0.466 e. The van der Waals surface area contributed by atoms with Crippen molar-refractivity contribution in [2.24, 2.45) is 0 Å². The maximum Gasteiger partial charge on any atom is 0.410 e. The van der Waals surface area contributed by atoms with Crippen molar-refractivity contribution in [3.05, 3.63) is 102 Å². The fourth-order valence-corrected chi connectivity index (χ4v) is 7.02. The molecule has 0 saturated carbocycles. The van der Waals surface area contributed by atoms with Crippen LogP contribution in [0.4, 0.5) is 4.79 Å². The third kappa shape index (κ3) is 7.10. The molecule has 3 aromatic rings. The zero-order valence-corrected chi connectivity index (χ0v) is 26.2. The number of nitrogens with one attached hydrogen (secondary N) is 1. The Kier molecular flexibility index (Phi) is 9.69. The van der Waals surface area contributed by atoms with Crippen molar-refractivity contribution in [1.82, 2.24) is 9.62 Å². The van der Waals surface area contributed by atoms with Crippen LogP contribution < -0.4 is 4.72 Å². The summed E-state index contributed by atoms with van der Waals surface area (Å²) >= 11 is 0. The first-order valence-corrected chi connectivity index (χ1v) is 16.2. The van der Waals surface area contributed by atoms with Crippen molar-refractivity contribution in [2.75, 3.05) is 20.3 Å². The van der Waals surface area contributed by atoms with Gasteiger partial charge in [-0.15, -0.1) is 0 Å². The Balaban J connectivity index is 1.27. The SMILES string of the molecule is COC(=O)/C=C/[C@H](OC(=O)[C@@H]1CCCN1C(=O)OCC1c2ccccc2-c2ccccc21)[C@H](C)NS(=O)(=O)c1ccc(C)cc1. The minimum absolute atomic E-state index is 0.0409. The van der Waals surface area contributed by atoms with Gasteiger partial charge in [0.1, 0.15) is 18.8 Å². The van der Waals surface area contributed by atoms with E-state index in [4.69, 9.17) is 9.47 Å². The van der Waals surface area contributed by atoms with Crippen LogP contribution in [0.2, 0.25) is 0 Å². The molecule has 0 radical (unpaired) electrons. The number of hydrogen-bond acceptors (Lipinski definition) is 8. The van der Waals surface area contributed by atoms with Crippen molar-refractivity contribution in [3.8, 4) is 11.1 Å². The Hall–Kier alpha value is -4.48. The summed E-state index contributed by atoms with van der Waals surface area (Å²) in [5.74, 6) is -1.57. The largest absolute Gasteiger partial charge is 0.466 e. The van der Waals surface area contributed by atoms with E-state index in [1.54, 1.807) is 12.1 Å². The van der Waals surface area contributed by atoms with E-state index >= 15 is 0 Å². The van der Waals surface area contributed by atoms with Gasteiger partial charge in [-0.05, 0) is 67.2 Å². The van der Waals surface area contributed by atoms with E-state index in [1.807, 2.05) is 43.3 Å². The number of rotatable bonds is 10. The fourth-order valence-electron chi connectivity index (χ4n) is 5.77. The van der Waals surface area contributed by atoms with Gasteiger partial charge < -0.3 is 14.2 Å². The van der Waals surface area contributed by atoms with Crippen molar-refractivity contribution in [1.29, 1.82) is 0 Å². The highest BCUT2D eigenvalue weighted by Crippen LogP contribution is 2.44. The highest BCUT2D eigenvalue weighted by atomic mass is 32.2. The van der Waals surface area contributed by atoms with Crippen LogP contribution in [0.1, 0.15) is 42.4 Å². The molecule has 3 atom stereocenters. The molecule has 1 saturated heterocycles. The van der Waals surface area contributed by atoms with Crippen LogP contribution in [0, 0.1) is 6.92 Å². The second kappa shape index (κ2) is 13.7. The van der Waals surface area contributed by atoms with Gasteiger partial charge in [0.2, 0.25) is 10.0 Å². The predicted molar refractivity (Wildman–Crippen MR) is 167 cm³/mol. The summed E-state index contributed by atoms with van der Waals surface area (Å²) in [6.45, 7) is 3.76. The van der Waals surface area contributed by atoms with E-state index < -0.39 is 46.2 Å². The molecule has 1 heterocycles. The number of hydrogen-bond donors (Lipinski definition) is 1. The average molecular weight is 633 g/mol. The molecule has 10 nitrogen and oxygen atoms in total. The number of esters is 2. The number of aryl methyl sites for hydroxylation is 1. The number of fused-ring (bicyclic) bond motifs is 3. The van der Waals surface area contributed by atoms with Crippen LogP contribution in [0.5, 0.6) is 0 Å². The molecule has 1 aliphatic carbocycles. The molecule has 45 heavy (non-hydrogen) atoms. The molecule has 1 amide bonds. The van der Waals surface area contributed by atoms with E-state index in [2.05, 4.69) is 21.6 Å². The third-order valence-electron chi connectivity index (χ3n) is 8.14. The molecular formula is C34H36N2O8S. The highest BCUT2D eigenvalue weighted by Gasteiger charge is 2.39. The van der Waals surface area contributed by atoms with Gasteiger partial charge in [0.25, 0.3) is 0 Å². The fraction of sp³-hybridized carbons (Fsp3) is 0.324. The molecule has 11 heteroatoms. The Morgan fingerprint density at radius 3 is 2.22 bits per heavy atom. The lowest BCUT2D eigenvalue weighted by Crippen LogP contribution is -2.47. The number of carbonyl (C=O) groups excluding carboxylic acids is 3. The van der Waals surface area contributed by atoms with Crippen molar-refractivity contribution < 1.29 is 37.0 Å². The van der Waals surface area contributed by atoms with E-state index in [1.165, 1.54) is 37.1 Å². The number of amides is 1. The molecule has 5 rings (SSSR count). The summed E-state index contributed by atoms with van der Waals surface area (Å²) in [5, 5.41) is 0. The molecule has 2 aliphatic rings. The zero-order chi connectivity index (χ0) is 32.1. The number of carbonyl (C=O) groups is 3. The molecular weight excluding hydrogens is 596 g/mol. The average Bonchev–Trinajstić information content (AvgIpc) is 3.65. The van der Waals surface area contributed by atoms with Crippen LogP contribution in [0.15, 0.2) is 89.8 Å². The first kappa shape index (κ1) is 31.9. The number of ether oxygens (including phenoxy) is 3. The van der Waals surface area contributed by atoms with E-state index in [0.717, 1.165) is 33.9 Å². The smallest absolute Gasteiger partial charge is 0.410 e. The van der Waals surface area contributed by atoms with Gasteiger partial charge in [-0.2, -0.15) is 0 Å². The molecule has 0 spiro atoms. The molecule has 0 unspecified atom stereocenters. The van der Waals surface area contributed by atoms with Crippen LogP contribution >= 0.6 is 0 Å². The topological polar surface area (TPSA) is 128 Å². The van der Waals surface area contributed by atoms with Crippen LogP contribution in [-0.2, 0) is 33.8 Å². The zero-order valence-electron chi connectivity index (χ0n) is 25.3. The van der Waals surface area contributed by atoms with Crippen LogP contribution in [-0.4, -0.2) is 69.8 Å². The minimum atomic E-state index is -3.98. The normalized spacial score (nSPS) is 17.4. The summed E-state index contributed by atoms with van der Waals surface area (Å²) in [5.41, 5.74) is 5.26. The van der Waals surface area contributed by atoms with Gasteiger partial charge in [0.05, 0.1) is 18.0 Å². The molecule has 1 N–H and O–H groups in total. The first-order chi connectivity index (χ1) is 21.6. The quantitative estimate of drug-likeness (QED) is 0.193. The lowest BCUT2D eigenvalue weighted by atomic mass is 9.98. The monoisotopic (exact) mass is 632 g/mol. The number of sulfonamides is 1. The predicted octanol–water partition coefficient (Wildman–Crippen LogP) is 4.72. The van der Waals surface area contributed by atoms with Crippen molar-refractivity contribution in [3.63, 3.8) is 0 Å². The summed E-state index contributed by atoms with van der Waals surface area (Å²) in [7, 11) is -2.78. The molecule has 236 valence electrons. The second-order valence-corrected chi connectivity index (χ2v) is 12.9. The maximum atomic E-state index is 13.5. The second-order valence-electron chi connectivity index (χ2n) is 11.2. The standard InChI is InChI=1S/C34H36N2O8S/c1-22-14-16-24(17-15-22)45(40,41)35-23(2)31(18-19-32(37)42-3)44-33(38)30-13-8-20-36(30)34(39)43-21-29-27-11-6-4-9-25(27)26-10-5-7-12-28(26)29/h4-7,9-12,14-19,23,29-31,35H,8,13,20-21H2,1-3H3/b19-18+/t23-,30-,31-/m0/s1. The van der Waals surface area contributed by atoms with Gasteiger partial charge in [0, 0.05) is 18.5 Å². The number of nitrogens with zero attached hydrogens (tertiary/aromatic N) is 1. The van der Waals surface area contributed by atoms with Gasteiger partial charge in [-0.3, -0.25) is 4.90 Å². The van der Waals surface area contributed by atoms with E-state index in [9.17, 15) is 22.8 Å². The van der Waals surface area contributed by atoms with Crippen molar-refractivity contribution in [2.45, 2.75) is 55.7 Å². The van der Waals surface area contributed by atoms with Crippen LogP contribution in [0.3, 0.4) is 0 Å². The number of methoxy groups -OCH3 is 1. The van der Waals surface area contributed by atoms with Crippen molar-refractivity contribution >= 4 is 28.1 Å². The molecule has 1 fully saturated rings. The van der Waals surface area contributed by atoms with Gasteiger partial charge in [-0.1, -0.05) is 66.2 Å². The summed E-state index contributed by atoms with van der Waals surface area (Å²) < 4.78 is 44.8.